The number of hydrogen-bond acceptors (Lipinski definition) is 4. The van der Waals surface area contributed by atoms with E-state index < -0.39 is 5.97 Å². The summed E-state index contributed by atoms with van der Waals surface area (Å²) in [6.07, 6.45) is 0. The number of carbonyl (C=O) groups excluding carboxylic acids is 1. The lowest BCUT2D eigenvalue weighted by atomic mass is 10.1. The molecule has 3 N–H and O–H groups in total. The van der Waals surface area contributed by atoms with E-state index in [4.69, 9.17) is 4.74 Å². The first-order valence-electron chi connectivity index (χ1n) is 11.7. The summed E-state index contributed by atoms with van der Waals surface area (Å²) in [5.74, 6) is -1.06. The number of carboxylic acids is 1. The van der Waals surface area contributed by atoms with Gasteiger partial charge in [-0.1, -0.05) is 48.5 Å². The maximum absolute atomic E-state index is 12.9. The predicted octanol–water partition coefficient (Wildman–Crippen LogP) is 6.69. The molecule has 190 valence electrons. The largest absolute Gasteiger partial charge is 0.507 e. The molecule has 4 aromatic carbocycles. The van der Waals surface area contributed by atoms with Gasteiger partial charge in [-0.2, -0.15) is 0 Å². The number of aromatic carboxylic acids is 1. The van der Waals surface area contributed by atoms with E-state index >= 15 is 0 Å². The van der Waals surface area contributed by atoms with Crippen molar-refractivity contribution < 1.29 is 24.5 Å². The Morgan fingerprint density at radius 2 is 1.68 bits per heavy atom. The van der Waals surface area contributed by atoms with Crippen LogP contribution in [0.5, 0.6) is 11.5 Å². The maximum Gasteiger partial charge on any atom is 0.339 e. The minimum atomic E-state index is -1.19. The summed E-state index contributed by atoms with van der Waals surface area (Å²) in [4.78, 5) is 24.4. The van der Waals surface area contributed by atoms with Crippen LogP contribution in [0.2, 0.25) is 0 Å². The fraction of sp³-hybridized carbons (Fsp3) is 0.0667. The average molecular weight is 618 g/mol. The number of nitrogens with one attached hydrogen (secondary N) is 1. The zero-order chi connectivity index (χ0) is 26.8. The summed E-state index contributed by atoms with van der Waals surface area (Å²) in [7, 11) is 1.85. The van der Waals surface area contributed by atoms with Gasteiger partial charge in [0.25, 0.3) is 5.91 Å². The highest BCUT2D eigenvalue weighted by molar-refractivity contribution is 14.1. The molecular weight excluding hydrogens is 595 g/mol. The van der Waals surface area contributed by atoms with Gasteiger partial charge in [-0.3, -0.25) is 4.79 Å². The fourth-order valence-corrected chi connectivity index (χ4v) is 5.41. The van der Waals surface area contributed by atoms with Crippen LogP contribution < -0.4 is 10.1 Å². The van der Waals surface area contributed by atoms with Gasteiger partial charge in [0.2, 0.25) is 0 Å². The third kappa shape index (κ3) is 5.08. The fourth-order valence-electron chi connectivity index (χ4n) is 4.30. The van der Waals surface area contributed by atoms with Crippen LogP contribution in [-0.2, 0) is 13.7 Å². The lowest BCUT2D eigenvalue weighted by Gasteiger charge is -2.10. The van der Waals surface area contributed by atoms with Gasteiger partial charge in [0.05, 0.1) is 11.2 Å². The van der Waals surface area contributed by atoms with Crippen molar-refractivity contribution in [3.8, 4) is 22.8 Å². The molecule has 1 amide bonds. The number of aryl methyl sites for hydroxylation is 1. The van der Waals surface area contributed by atoms with Crippen LogP contribution >= 0.6 is 22.6 Å². The van der Waals surface area contributed by atoms with Crippen LogP contribution in [-0.4, -0.2) is 26.7 Å². The molecule has 0 unspecified atom stereocenters. The van der Waals surface area contributed by atoms with E-state index in [9.17, 15) is 19.8 Å². The number of benzene rings is 4. The topological polar surface area (TPSA) is 101 Å². The van der Waals surface area contributed by atoms with E-state index in [0.29, 0.717) is 29.1 Å². The summed E-state index contributed by atoms with van der Waals surface area (Å²) < 4.78 is 8.61. The summed E-state index contributed by atoms with van der Waals surface area (Å²) >= 11 is 2.18. The molecule has 1 aromatic heterocycles. The smallest absolute Gasteiger partial charge is 0.339 e. The first kappa shape index (κ1) is 25.3. The van der Waals surface area contributed by atoms with Crippen molar-refractivity contribution in [3.63, 3.8) is 0 Å². The molecule has 0 aliphatic rings. The van der Waals surface area contributed by atoms with Crippen molar-refractivity contribution in [1.29, 1.82) is 0 Å². The van der Waals surface area contributed by atoms with Gasteiger partial charge in [0, 0.05) is 39.4 Å². The monoisotopic (exact) mass is 618 g/mol. The van der Waals surface area contributed by atoms with Crippen molar-refractivity contribution >= 4 is 51.1 Å². The van der Waals surface area contributed by atoms with Crippen LogP contribution in [0.25, 0.3) is 22.2 Å². The van der Waals surface area contributed by atoms with Crippen LogP contribution in [0.1, 0.15) is 26.3 Å². The third-order valence-electron chi connectivity index (χ3n) is 6.25. The second-order valence-corrected chi connectivity index (χ2v) is 9.83. The molecule has 0 aliphatic carbocycles. The van der Waals surface area contributed by atoms with E-state index in [1.165, 1.54) is 12.1 Å². The van der Waals surface area contributed by atoms with Gasteiger partial charge in [-0.25, -0.2) is 4.79 Å². The van der Waals surface area contributed by atoms with Crippen LogP contribution in [0.3, 0.4) is 0 Å². The Morgan fingerprint density at radius 1 is 0.947 bits per heavy atom. The Balaban J connectivity index is 1.34. The molecule has 0 saturated carbocycles. The lowest BCUT2D eigenvalue weighted by molar-refractivity contribution is 0.0693. The number of phenols is 1. The standard InChI is InChI=1S/C30H23IN2O5/c1-33-25-16-26(34)24(30(36)37)15-23(25)27(31)28(33)19-10-12-20(13-11-19)29(35)32-21-8-5-9-22(14-21)38-17-18-6-3-2-4-7-18/h2-16,34H,17H2,1H3,(H,32,35)(H,36,37). The number of fused-ring (bicyclic) bond motifs is 1. The molecule has 0 aliphatic heterocycles. The molecule has 5 aromatic rings. The van der Waals surface area contributed by atoms with E-state index in [1.807, 2.05) is 66.2 Å². The molecule has 0 bridgehead atoms. The minimum Gasteiger partial charge on any atom is -0.507 e. The van der Waals surface area contributed by atoms with Crippen LogP contribution in [0.15, 0.2) is 91.0 Å². The molecule has 7 nitrogen and oxygen atoms in total. The number of anilines is 1. The number of amides is 1. The number of carbonyl (C=O) groups is 2. The van der Waals surface area contributed by atoms with Crippen LogP contribution in [0.4, 0.5) is 5.69 Å². The number of carboxylic acid groups (broad SMARTS) is 1. The second kappa shape index (κ2) is 10.6. The summed E-state index contributed by atoms with van der Waals surface area (Å²) in [6.45, 7) is 0.434. The highest BCUT2D eigenvalue weighted by atomic mass is 127. The summed E-state index contributed by atoms with van der Waals surface area (Å²) in [5.41, 5.74) is 4.46. The van der Waals surface area contributed by atoms with Gasteiger partial charge in [-0.05, 0) is 64.0 Å². The molecular formula is C30H23IN2O5. The summed E-state index contributed by atoms with van der Waals surface area (Å²) in [6, 6.07) is 27.3. The third-order valence-corrected chi connectivity index (χ3v) is 7.34. The van der Waals surface area contributed by atoms with Gasteiger partial charge in [0.1, 0.15) is 23.7 Å². The zero-order valence-electron chi connectivity index (χ0n) is 20.3. The van der Waals surface area contributed by atoms with Gasteiger partial charge in [0.15, 0.2) is 0 Å². The summed E-state index contributed by atoms with van der Waals surface area (Å²) in [5, 5.41) is 23.2. The van der Waals surface area contributed by atoms with Crippen molar-refractivity contribution in [3.05, 3.63) is 111 Å². The molecule has 5 rings (SSSR count). The van der Waals surface area contributed by atoms with Gasteiger partial charge in [-0.15, -0.1) is 0 Å². The van der Waals surface area contributed by atoms with Crippen molar-refractivity contribution in [2.75, 3.05) is 5.32 Å². The Kier molecular flexibility index (Phi) is 7.06. The van der Waals surface area contributed by atoms with Gasteiger partial charge >= 0.3 is 5.97 Å². The number of aromatic nitrogens is 1. The Bertz CT molecular complexity index is 1660. The number of rotatable bonds is 7. The normalized spacial score (nSPS) is 10.9. The van der Waals surface area contributed by atoms with Crippen molar-refractivity contribution in [1.82, 2.24) is 4.57 Å². The first-order valence-corrected chi connectivity index (χ1v) is 12.8. The Hall–Kier alpha value is -4.31. The molecule has 38 heavy (non-hydrogen) atoms. The number of halogens is 1. The lowest BCUT2D eigenvalue weighted by Crippen LogP contribution is -2.11. The van der Waals surface area contributed by atoms with Crippen molar-refractivity contribution in [2.45, 2.75) is 6.61 Å². The molecule has 1 heterocycles. The molecule has 0 spiro atoms. The van der Waals surface area contributed by atoms with Crippen molar-refractivity contribution in [2.24, 2.45) is 7.05 Å². The molecule has 0 saturated heterocycles. The molecule has 0 atom stereocenters. The number of ether oxygens (including phenoxy) is 1. The molecule has 0 radical (unpaired) electrons. The van der Waals surface area contributed by atoms with Gasteiger partial charge < -0.3 is 24.8 Å². The number of nitrogens with zero attached hydrogens (tertiary/aromatic N) is 1. The number of hydrogen-bond donors (Lipinski definition) is 3. The highest BCUT2D eigenvalue weighted by Crippen LogP contribution is 2.37. The van der Waals surface area contributed by atoms with E-state index in [2.05, 4.69) is 27.9 Å². The molecule has 0 fully saturated rings. The average Bonchev–Trinajstić information content (AvgIpc) is 3.16. The van der Waals surface area contributed by atoms with E-state index in [-0.39, 0.29) is 17.2 Å². The molecule has 8 heteroatoms. The quantitative estimate of drug-likeness (QED) is 0.177. The first-order chi connectivity index (χ1) is 18.3. The number of aromatic hydroxyl groups is 1. The highest BCUT2D eigenvalue weighted by Gasteiger charge is 2.20. The predicted molar refractivity (Wildman–Crippen MR) is 155 cm³/mol. The maximum atomic E-state index is 12.9. The Morgan fingerprint density at radius 3 is 2.39 bits per heavy atom. The van der Waals surface area contributed by atoms with E-state index in [1.54, 1.807) is 24.3 Å². The zero-order valence-corrected chi connectivity index (χ0v) is 22.5. The Labute approximate surface area is 232 Å². The second-order valence-electron chi connectivity index (χ2n) is 8.75. The van der Waals surface area contributed by atoms with Crippen LogP contribution in [0, 0.1) is 3.57 Å². The SMILES string of the molecule is Cn1c(-c2ccc(C(=O)Nc3cccc(OCc4ccccc4)c3)cc2)c(I)c2cc(C(=O)O)c(O)cc21. The van der Waals surface area contributed by atoms with E-state index in [0.717, 1.165) is 25.8 Å². The minimum absolute atomic E-state index is 0.144.